The number of hydrogen-bond donors (Lipinski definition) is 2. The molecule has 0 aromatic carbocycles. The van der Waals surface area contributed by atoms with Crippen LogP contribution in [0, 0.1) is 5.92 Å². The largest absolute Gasteiger partial charge is 0.384 e. The van der Waals surface area contributed by atoms with E-state index in [0.29, 0.717) is 17.8 Å². The first-order valence-corrected chi connectivity index (χ1v) is 7.78. The smallest absolute Gasteiger partial charge is 0.138 e. The van der Waals surface area contributed by atoms with Gasteiger partial charge in [0.15, 0.2) is 0 Å². The van der Waals surface area contributed by atoms with E-state index in [1.807, 2.05) is 6.07 Å². The third-order valence-electron chi connectivity index (χ3n) is 4.11. The van der Waals surface area contributed by atoms with E-state index >= 15 is 0 Å². The summed E-state index contributed by atoms with van der Waals surface area (Å²) < 4.78 is 0. The van der Waals surface area contributed by atoms with Gasteiger partial charge in [-0.05, 0) is 18.8 Å². The standard InChI is InChI=1S/C16H28N4/c1-11-8-6-5-7-9-12(11)18-14-10-13(17)19-15(20-14)16(2,3)4/h10-12H,5-9H2,1-4H3,(H3,17,18,19,20). The van der Waals surface area contributed by atoms with E-state index in [4.69, 9.17) is 5.73 Å². The molecule has 2 unspecified atom stereocenters. The first-order valence-electron chi connectivity index (χ1n) is 7.78. The molecule has 1 aromatic heterocycles. The molecule has 1 aliphatic carbocycles. The van der Waals surface area contributed by atoms with Gasteiger partial charge in [-0.1, -0.05) is 47.0 Å². The van der Waals surface area contributed by atoms with Crippen molar-refractivity contribution in [1.82, 2.24) is 9.97 Å². The predicted octanol–water partition coefficient (Wildman–Crippen LogP) is 3.74. The van der Waals surface area contributed by atoms with Crippen LogP contribution in [0.3, 0.4) is 0 Å². The summed E-state index contributed by atoms with van der Waals surface area (Å²) in [7, 11) is 0. The van der Waals surface area contributed by atoms with Crippen molar-refractivity contribution in [2.24, 2.45) is 5.92 Å². The summed E-state index contributed by atoms with van der Waals surface area (Å²) in [5.41, 5.74) is 5.85. The molecule has 1 saturated carbocycles. The first kappa shape index (κ1) is 15.1. The van der Waals surface area contributed by atoms with Crippen molar-refractivity contribution in [3.63, 3.8) is 0 Å². The van der Waals surface area contributed by atoms with E-state index in [9.17, 15) is 0 Å². The average Bonchev–Trinajstić information content (AvgIpc) is 2.53. The number of rotatable bonds is 2. The summed E-state index contributed by atoms with van der Waals surface area (Å²) >= 11 is 0. The van der Waals surface area contributed by atoms with Gasteiger partial charge in [0, 0.05) is 17.5 Å². The van der Waals surface area contributed by atoms with Crippen molar-refractivity contribution in [1.29, 1.82) is 0 Å². The van der Waals surface area contributed by atoms with Crippen molar-refractivity contribution in [2.75, 3.05) is 11.1 Å². The van der Waals surface area contributed by atoms with E-state index in [2.05, 4.69) is 43.0 Å². The summed E-state index contributed by atoms with van der Waals surface area (Å²) in [4.78, 5) is 9.02. The Kier molecular flexibility index (Phi) is 4.51. The fourth-order valence-corrected chi connectivity index (χ4v) is 2.77. The highest BCUT2D eigenvalue weighted by molar-refractivity contribution is 5.46. The van der Waals surface area contributed by atoms with Gasteiger partial charge in [-0.25, -0.2) is 9.97 Å². The van der Waals surface area contributed by atoms with Crippen molar-refractivity contribution in [3.8, 4) is 0 Å². The summed E-state index contributed by atoms with van der Waals surface area (Å²) in [6.45, 7) is 8.66. The number of hydrogen-bond acceptors (Lipinski definition) is 4. The lowest BCUT2D eigenvalue weighted by molar-refractivity contribution is 0.454. The van der Waals surface area contributed by atoms with Gasteiger partial charge >= 0.3 is 0 Å². The van der Waals surface area contributed by atoms with Crippen molar-refractivity contribution >= 4 is 11.6 Å². The third-order valence-corrected chi connectivity index (χ3v) is 4.11. The minimum absolute atomic E-state index is 0.0825. The molecule has 1 fully saturated rings. The summed E-state index contributed by atoms with van der Waals surface area (Å²) in [5.74, 6) is 2.92. The maximum atomic E-state index is 5.94. The Morgan fingerprint density at radius 1 is 1.15 bits per heavy atom. The lowest BCUT2D eigenvalue weighted by Crippen LogP contribution is -2.28. The van der Waals surface area contributed by atoms with Gasteiger partial charge in [-0.15, -0.1) is 0 Å². The summed E-state index contributed by atoms with van der Waals surface area (Å²) in [6.07, 6.45) is 6.51. The maximum absolute atomic E-state index is 5.94. The molecule has 0 aliphatic heterocycles. The van der Waals surface area contributed by atoms with E-state index in [1.54, 1.807) is 0 Å². The van der Waals surface area contributed by atoms with Crippen LogP contribution in [-0.4, -0.2) is 16.0 Å². The Labute approximate surface area is 122 Å². The van der Waals surface area contributed by atoms with Gasteiger partial charge in [-0.3, -0.25) is 0 Å². The van der Waals surface area contributed by atoms with Crippen molar-refractivity contribution in [3.05, 3.63) is 11.9 Å². The van der Waals surface area contributed by atoms with Gasteiger partial charge in [0.1, 0.15) is 17.5 Å². The van der Waals surface area contributed by atoms with Gasteiger partial charge in [0.05, 0.1) is 0 Å². The highest BCUT2D eigenvalue weighted by atomic mass is 15.1. The van der Waals surface area contributed by atoms with Crippen LogP contribution in [0.2, 0.25) is 0 Å². The Morgan fingerprint density at radius 2 is 1.85 bits per heavy atom. The number of anilines is 2. The van der Waals surface area contributed by atoms with Gasteiger partial charge < -0.3 is 11.1 Å². The number of nitrogens with zero attached hydrogens (tertiary/aromatic N) is 2. The van der Waals surface area contributed by atoms with Gasteiger partial charge in [0.25, 0.3) is 0 Å². The zero-order chi connectivity index (χ0) is 14.8. The zero-order valence-electron chi connectivity index (χ0n) is 13.2. The molecule has 2 atom stereocenters. The van der Waals surface area contributed by atoms with Gasteiger partial charge in [0.2, 0.25) is 0 Å². The fourth-order valence-electron chi connectivity index (χ4n) is 2.77. The lowest BCUT2D eigenvalue weighted by atomic mass is 9.95. The molecule has 0 radical (unpaired) electrons. The zero-order valence-corrected chi connectivity index (χ0v) is 13.2. The number of nitrogens with two attached hydrogens (primary N) is 1. The Morgan fingerprint density at radius 3 is 2.55 bits per heavy atom. The molecule has 20 heavy (non-hydrogen) atoms. The summed E-state index contributed by atoms with van der Waals surface area (Å²) in [5, 5.41) is 3.59. The molecule has 112 valence electrons. The second-order valence-electron chi connectivity index (χ2n) is 7.12. The molecular weight excluding hydrogens is 248 g/mol. The van der Waals surface area contributed by atoms with Crippen LogP contribution >= 0.6 is 0 Å². The van der Waals surface area contributed by atoms with E-state index in [-0.39, 0.29) is 5.41 Å². The third kappa shape index (κ3) is 3.84. The fraction of sp³-hybridized carbons (Fsp3) is 0.750. The second-order valence-corrected chi connectivity index (χ2v) is 7.12. The number of nitrogens with one attached hydrogen (secondary N) is 1. The summed E-state index contributed by atoms with van der Waals surface area (Å²) in [6, 6.07) is 2.35. The molecule has 0 spiro atoms. The minimum Gasteiger partial charge on any atom is -0.384 e. The number of aromatic nitrogens is 2. The van der Waals surface area contributed by atoms with Gasteiger partial charge in [-0.2, -0.15) is 0 Å². The van der Waals surface area contributed by atoms with E-state index in [1.165, 1.54) is 32.1 Å². The van der Waals surface area contributed by atoms with Crippen LogP contribution < -0.4 is 11.1 Å². The number of nitrogen functional groups attached to an aromatic ring is 1. The van der Waals surface area contributed by atoms with Crippen LogP contribution in [0.15, 0.2) is 6.07 Å². The second kappa shape index (κ2) is 5.98. The molecule has 2 rings (SSSR count). The molecular formula is C16H28N4. The van der Waals surface area contributed by atoms with Crippen LogP contribution in [0.4, 0.5) is 11.6 Å². The van der Waals surface area contributed by atoms with Crippen molar-refractivity contribution in [2.45, 2.75) is 71.3 Å². The lowest BCUT2D eigenvalue weighted by Gasteiger charge is -2.25. The van der Waals surface area contributed by atoms with E-state index in [0.717, 1.165) is 11.6 Å². The topological polar surface area (TPSA) is 63.8 Å². The first-order chi connectivity index (χ1) is 9.36. The van der Waals surface area contributed by atoms with Crippen LogP contribution in [0.5, 0.6) is 0 Å². The average molecular weight is 276 g/mol. The highest BCUT2D eigenvalue weighted by Crippen LogP contribution is 2.27. The van der Waals surface area contributed by atoms with Crippen LogP contribution in [0.1, 0.15) is 65.6 Å². The van der Waals surface area contributed by atoms with Crippen LogP contribution in [0.25, 0.3) is 0 Å². The minimum atomic E-state index is -0.0825. The Hall–Kier alpha value is -1.32. The molecule has 4 nitrogen and oxygen atoms in total. The molecule has 0 saturated heterocycles. The SMILES string of the molecule is CC1CCCCCC1Nc1cc(N)nc(C(C)(C)C)n1. The highest BCUT2D eigenvalue weighted by Gasteiger charge is 2.22. The molecule has 4 heteroatoms. The van der Waals surface area contributed by atoms with E-state index < -0.39 is 0 Å². The molecule has 0 bridgehead atoms. The monoisotopic (exact) mass is 276 g/mol. The normalized spacial score (nSPS) is 24.2. The van der Waals surface area contributed by atoms with Crippen LogP contribution in [-0.2, 0) is 5.41 Å². The molecule has 1 aliphatic rings. The Balaban J connectivity index is 2.18. The molecule has 1 aromatic rings. The molecule has 0 amide bonds. The van der Waals surface area contributed by atoms with Crippen molar-refractivity contribution < 1.29 is 0 Å². The maximum Gasteiger partial charge on any atom is 0.138 e. The predicted molar refractivity (Wildman–Crippen MR) is 84.8 cm³/mol. The molecule has 1 heterocycles. The Bertz CT molecular complexity index is 450. The quantitative estimate of drug-likeness (QED) is 0.808. The molecule has 3 N–H and O–H groups in total.